The van der Waals surface area contributed by atoms with Crippen molar-refractivity contribution in [1.82, 2.24) is 0 Å². The van der Waals surface area contributed by atoms with Crippen LogP contribution in [0.4, 0.5) is 0 Å². The van der Waals surface area contributed by atoms with Gasteiger partial charge >= 0.3 is 0 Å². The molecule has 4 nitrogen and oxygen atoms in total. The second kappa shape index (κ2) is 4.57. The van der Waals surface area contributed by atoms with Crippen LogP contribution in [0.15, 0.2) is 16.3 Å². The Balaban J connectivity index is 2.86. The lowest BCUT2D eigenvalue weighted by Gasteiger charge is -1.87. The van der Waals surface area contributed by atoms with Crippen molar-refractivity contribution in [1.29, 1.82) is 0 Å². The summed E-state index contributed by atoms with van der Waals surface area (Å²) in [4.78, 5) is 0.707. The summed E-state index contributed by atoms with van der Waals surface area (Å²) < 4.78 is 21.7. The minimum atomic E-state index is -3.62. The van der Waals surface area contributed by atoms with Crippen LogP contribution in [0.25, 0.3) is 0 Å². The maximum atomic E-state index is 10.9. The van der Waals surface area contributed by atoms with Gasteiger partial charge in [0.15, 0.2) is 0 Å². The van der Waals surface area contributed by atoms with Gasteiger partial charge in [-0.25, -0.2) is 13.6 Å². The molecule has 0 unspecified atom stereocenters. The maximum absolute atomic E-state index is 10.9. The number of rotatable bonds is 2. The third-order valence-corrected chi connectivity index (χ3v) is 3.24. The highest BCUT2D eigenvalue weighted by molar-refractivity contribution is 7.89. The Hall–Kier alpha value is -0.870. The van der Waals surface area contributed by atoms with E-state index in [0.29, 0.717) is 11.3 Å². The van der Waals surface area contributed by atoms with Crippen molar-refractivity contribution >= 4 is 21.4 Å². The Morgan fingerprint density at radius 1 is 1.57 bits per heavy atom. The van der Waals surface area contributed by atoms with Gasteiger partial charge in [-0.15, -0.1) is 11.3 Å². The third-order valence-electron chi connectivity index (χ3n) is 1.35. The van der Waals surface area contributed by atoms with Gasteiger partial charge in [0.2, 0.25) is 10.0 Å². The fourth-order valence-corrected chi connectivity index (χ4v) is 2.41. The van der Waals surface area contributed by atoms with E-state index in [1.54, 1.807) is 0 Å². The molecule has 1 aromatic heterocycles. The molecule has 0 saturated heterocycles. The smallest absolute Gasteiger partial charge is 0.238 e. The summed E-state index contributed by atoms with van der Waals surface area (Å²) in [5.74, 6) is 5.42. The summed E-state index contributed by atoms with van der Waals surface area (Å²) in [6.45, 7) is 0.000417. The lowest BCUT2D eigenvalue weighted by atomic mass is 10.4. The molecule has 3 N–H and O–H groups in total. The molecule has 0 atom stereocenters. The fourth-order valence-electron chi connectivity index (χ4n) is 0.739. The summed E-state index contributed by atoms with van der Waals surface area (Å²) in [6.07, 6.45) is 0.378. The number of hydrogen-bond acceptors (Lipinski definition) is 4. The minimum absolute atomic E-state index is 0.000417. The van der Waals surface area contributed by atoms with Crippen LogP contribution < -0.4 is 5.14 Å². The lowest BCUT2D eigenvalue weighted by Crippen LogP contribution is -2.10. The number of hydrogen-bond donors (Lipinski definition) is 2. The van der Waals surface area contributed by atoms with Gasteiger partial charge in [0.25, 0.3) is 0 Å². The number of aliphatic hydroxyl groups is 1. The van der Waals surface area contributed by atoms with Crippen molar-refractivity contribution in [3.63, 3.8) is 0 Å². The van der Waals surface area contributed by atoms with Crippen LogP contribution >= 0.6 is 11.3 Å². The van der Waals surface area contributed by atoms with Gasteiger partial charge in [-0.1, -0.05) is 11.8 Å². The van der Waals surface area contributed by atoms with E-state index in [4.69, 9.17) is 10.2 Å². The third kappa shape index (κ3) is 3.12. The van der Waals surface area contributed by atoms with Crippen LogP contribution in [-0.2, 0) is 10.0 Å². The van der Waals surface area contributed by atoms with Crippen LogP contribution in [0.3, 0.4) is 0 Å². The van der Waals surface area contributed by atoms with Crippen molar-refractivity contribution in [3.05, 3.63) is 16.3 Å². The van der Waals surface area contributed by atoms with Crippen molar-refractivity contribution in [2.24, 2.45) is 5.14 Å². The predicted octanol–water partition coefficient (Wildman–Crippen LogP) is 0.129. The quantitative estimate of drug-likeness (QED) is 0.710. The van der Waals surface area contributed by atoms with Gasteiger partial charge in [0, 0.05) is 11.8 Å². The second-order valence-corrected chi connectivity index (χ2v) is 4.94. The van der Waals surface area contributed by atoms with E-state index in [-0.39, 0.29) is 11.5 Å². The normalized spacial score (nSPS) is 10.7. The highest BCUT2D eigenvalue weighted by Gasteiger charge is 2.09. The number of thiophene rings is 1. The second-order valence-electron chi connectivity index (χ2n) is 2.47. The SMILES string of the molecule is NS(=O)(=O)c1csc(C#CCCO)c1. The molecule has 6 heteroatoms. The molecule has 0 fully saturated rings. The highest BCUT2D eigenvalue weighted by atomic mass is 32.2. The van der Waals surface area contributed by atoms with Crippen molar-refractivity contribution in [2.75, 3.05) is 6.61 Å². The molecule has 0 aliphatic carbocycles. The standard InChI is InChI=1S/C8H9NO3S2/c9-14(11,12)8-5-7(13-6-8)3-1-2-4-10/h5-6,10H,2,4H2,(H2,9,11,12). The van der Waals surface area contributed by atoms with E-state index >= 15 is 0 Å². The highest BCUT2D eigenvalue weighted by Crippen LogP contribution is 2.16. The monoisotopic (exact) mass is 231 g/mol. The number of primary sulfonamides is 1. The average Bonchev–Trinajstić information content (AvgIpc) is 2.52. The zero-order valence-electron chi connectivity index (χ0n) is 7.23. The molecule has 0 aliphatic heterocycles. The summed E-state index contributed by atoms with van der Waals surface area (Å²) in [5.41, 5.74) is 0. The Kier molecular flexibility index (Phi) is 3.66. The summed E-state index contributed by atoms with van der Waals surface area (Å²) in [7, 11) is -3.62. The topological polar surface area (TPSA) is 80.4 Å². The van der Waals surface area contributed by atoms with Crippen LogP contribution in [0.5, 0.6) is 0 Å². The maximum Gasteiger partial charge on any atom is 0.238 e. The molecule has 1 aromatic rings. The first-order chi connectivity index (χ1) is 6.54. The molecule has 0 radical (unpaired) electrons. The van der Waals surface area contributed by atoms with E-state index in [2.05, 4.69) is 11.8 Å². The van der Waals surface area contributed by atoms with Crippen molar-refractivity contribution in [2.45, 2.75) is 11.3 Å². The first-order valence-corrected chi connectivity index (χ1v) is 6.17. The molecule has 14 heavy (non-hydrogen) atoms. The van der Waals surface area contributed by atoms with E-state index in [9.17, 15) is 8.42 Å². The predicted molar refractivity (Wildman–Crippen MR) is 54.3 cm³/mol. The van der Waals surface area contributed by atoms with Gasteiger partial charge < -0.3 is 5.11 Å². The minimum Gasteiger partial charge on any atom is -0.395 e. The largest absolute Gasteiger partial charge is 0.395 e. The van der Waals surface area contributed by atoms with Crippen LogP contribution in [-0.4, -0.2) is 20.1 Å². The molecule has 0 saturated carbocycles. The molecule has 0 bridgehead atoms. The molecular formula is C8H9NO3S2. The van der Waals surface area contributed by atoms with Crippen molar-refractivity contribution < 1.29 is 13.5 Å². The van der Waals surface area contributed by atoms with Gasteiger partial charge in [0.1, 0.15) is 0 Å². The van der Waals surface area contributed by atoms with Gasteiger partial charge in [-0.05, 0) is 6.07 Å². The molecule has 76 valence electrons. The fraction of sp³-hybridized carbons (Fsp3) is 0.250. The molecular weight excluding hydrogens is 222 g/mol. The summed E-state index contributed by atoms with van der Waals surface area (Å²) >= 11 is 1.21. The molecule has 1 rings (SSSR count). The van der Waals surface area contributed by atoms with Crippen LogP contribution in [0.1, 0.15) is 11.3 Å². The lowest BCUT2D eigenvalue weighted by molar-refractivity contribution is 0.305. The van der Waals surface area contributed by atoms with Crippen LogP contribution in [0, 0.1) is 11.8 Å². The van der Waals surface area contributed by atoms with Crippen molar-refractivity contribution in [3.8, 4) is 11.8 Å². The Morgan fingerprint density at radius 3 is 2.79 bits per heavy atom. The molecule has 1 heterocycles. The van der Waals surface area contributed by atoms with Gasteiger partial charge in [-0.2, -0.15) is 0 Å². The molecule has 0 spiro atoms. The molecule has 0 amide bonds. The number of sulfonamides is 1. The zero-order chi connectivity index (χ0) is 10.6. The molecule has 0 aromatic carbocycles. The van der Waals surface area contributed by atoms with E-state index < -0.39 is 10.0 Å². The first kappa shape index (κ1) is 11.2. The Labute approximate surface area is 86.4 Å². The average molecular weight is 231 g/mol. The van der Waals surface area contributed by atoms with E-state index in [1.165, 1.54) is 22.8 Å². The Bertz CT molecular complexity index is 464. The number of aliphatic hydroxyl groups excluding tert-OH is 1. The zero-order valence-corrected chi connectivity index (χ0v) is 8.86. The molecule has 0 aliphatic rings. The van der Waals surface area contributed by atoms with E-state index in [1.807, 2.05) is 0 Å². The van der Waals surface area contributed by atoms with Gasteiger partial charge in [0.05, 0.1) is 16.4 Å². The summed E-state index contributed by atoms with van der Waals surface area (Å²) in [5, 5.41) is 14.8. The number of nitrogens with two attached hydrogens (primary N) is 1. The van der Waals surface area contributed by atoms with Gasteiger partial charge in [-0.3, -0.25) is 0 Å². The van der Waals surface area contributed by atoms with Crippen LogP contribution in [0.2, 0.25) is 0 Å². The summed E-state index contributed by atoms with van der Waals surface area (Å²) in [6, 6.07) is 1.42. The Morgan fingerprint density at radius 2 is 2.29 bits per heavy atom. The van der Waals surface area contributed by atoms with E-state index in [0.717, 1.165) is 0 Å². The first-order valence-electron chi connectivity index (χ1n) is 3.75.